The zero-order valence-corrected chi connectivity index (χ0v) is 12.4. The van der Waals surface area contributed by atoms with E-state index in [1.807, 2.05) is 25.4 Å². The van der Waals surface area contributed by atoms with E-state index < -0.39 is 0 Å². The molecule has 1 aliphatic heterocycles. The van der Waals surface area contributed by atoms with Crippen molar-refractivity contribution >= 4 is 15.9 Å². The van der Waals surface area contributed by atoms with Gasteiger partial charge in [0.2, 0.25) is 0 Å². The molecule has 0 amide bonds. The first-order valence-electron chi connectivity index (χ1n) is 6.35. The normalized spacial score (nSPS) is 15.3. The van der Waals surface area contributed by atoms with Gasteiger partial charge in [-0.15, -0.1) is 0 Å². The van der Waals surface area contributed by atoms with Crippen molar-refractivity contribution in [1.82, 2.24) is 19.9 Å². The smallest absolute Gasteiger partial charge is 0.125 e. The maximum Gasteiger partial charge on any atom is 0.125 e. The van der Waals surface area contributed by atoms with E-state index in [0.29, 0.717) is 0 Å². The number of hydrogen-bond donors (Lipinski definition) is 0. The molecule has 0 bridgehead atoms. The molecular weight excluding hydrogens is 304 g/mol. The molecule has 19 heavy (non-hydrogen) atoms. The Labute approximate surface area is 121 Å². The average Bonchev–Trinajstić information content (AvgIpc) is 2.42. The van der Waals surface area contributed by atoms with Gasteiger partial charge in [0, 0.05) is 49.7 Å². The van der Waals surface area contributed by atoms with Crippen LogP contribution in [0.4, 0.5) is 0 Å². The van der Waals surface area contributed by atoms with Crippen molar-refractivity contribution in [1.29, 1.82) is 0 Å². The molecule has 0 aliphatic carbocycles. The van der Waals surface area contributed by atoms with Crippen molar-refractivity contribution in [3.63, 3.8) is 0 Å². The zero-order chi connectivity index (χ0) is 13.2. The Bertz CT molecular complexity index is 582. The van der Waals surface area contributed by atoms with E-state index in [-0.39, 0.29) is 0 Å². The SMILES string of the molecule is Cc1ncc2c(n1)CCN(Cc1ccc(Br)nc1)C2. The van der Waals surface area contributed by atoms with Gasteiger partial charge in [-0.3, -0.25) is 4.90 Å². The van der Waals surface area contributed by atoms with Gasteiger partial charge in [0.25, 0.3) is 0 Å². The van der Waals surface area contributed by atoms with E-state index in [1.54, 1.807) is 0 Å². The monoisotopic (exact) mass is 318 g/mol. The van der Waals surface area contributed by atoms with Crippen molar-refractivity contribution in [2.75, 3.05) is 6.54 Å². The summed E-state index contributed by atoms with van der Waals surface area (Å²) in [5.74, 6) is 0.865. The summed E-state index contributed by atoms with van der Waals surface area (Å²) in [5, 5.41) is 0. The number of hydrogen-bond acceptors (Lipinski definition) is 4. The number of fused-ring (bicyclic) bond motifs is 1. The van der Waals surface area contributed by atoms with Gasteiger partial charge in [0.15, 0.2) is 0 Å². The fraction of sp³-hybridized carbons (Fsp3) is 0.357. The van der Waals surface area contributed by atoms with Crippen molar-refractivity contribution in [3.8, 4) is 0 Å². The van der Waals surface area contributed by atoms with Crippen LogP contribution in [0.1, 0.15) is 22.6 Å². The molecule has 0 spiro atoms. The minimum atomic E-state index is 0.865. The second-order valence-electron chi connectivity index (χ2n) is 4.84. The minimum absolute atomic E-state index is 0.865. The molecule has 0 N–H and O–H groups in total. The Balaban J connectivity index is 1.72. The number of aromatic nitrogens is 3. The lowest BCUT2D eigenvalue weighted by molar-refractivity contribution is 0.242. The number of halogens is 1. The molecule has 0 aromatic carbocycles. The van der Waals surface area contributed by atoms with E-state index in [4.69, 9.17) is 0 Å². The maximum atomic E-state index is 4.51. The minimum Gasteiger partial charge on any atom is -0.294 e. The second kappa shape index (κ2) is 5.35. The van der Waals surface area contributed by atoms with E-state index in [2.05, 4.69) is 41.8 Å². The first-order valence-corrected chi connectivity index (χ1v) is 7.14. The molecule has 98 valence electrons. The van der Waals surface area contributed by atoms with Gasteiger partial charge < -0.3 is 0 Å². The van der Waals surface area contributed by atoms with Crippen molar-refractivity contribution in [3.05, 3.63) is 51.8 Å². The summed E-state index contributed by atoms with van der Waals surface area (Å²) >= 11 is 3.36. The van der Waals surface area contributed by atoms with Crippen LogP contribution in [-0.2, 0) is 19.5 Å². The Kier molecular flexibility index (Phi) is 3.57. The fourth-order valence-electron chi connectivity index (χ4n) is 2.37. The van der Waals surface area contributed by atoms with Crippen molar-refractivity contribution in [2.24, 2.45) is 0 Å². The van der Waals surface area contributed by atoms with Gasteiger partial charge in [0.05, 0.1) is 0 Å². The highest BCUT2D eigenvalue weighted by molar-refractivity contribution is 9.10. The topological polar surface area (TPSA) is 41.9 Å². The molecule has 2 aromatic heterocycles. The van der Waals surface area contributed by atoms with Crippen LogP contribution in [0.5, 0.6) is 0 Å². The van der Waals surface area contributed by atoms with E-state index >= 15 is 0 Å². The van der Waals surface area contributed by atoms with E-state index in [1.165, 1.54) is 16.8 Å². The van der Waals surface area contributed by atoms with Gasteiger partial charge in [0.1, 0.15) is 10.4 Å². The lowest BCUT2D eigenvalue weighted by Gasteiger charge is -2.27. The highest BCUT2D eigenvalue weighted by Crippen LogP contribution is 2.18. The molecule has 5 heteroatoms. The van der Waals surface area contributed by atoms with E-state index in [0.717, 1.165) is 36.5 Å². The Morgan fingerprint density at radius 1 is 1.26 bits per heavy atom. The third kappa shape index (κ3) is 2.98. The van der Waals surface area contributed by atoms with Crippen LogP contribution in [0.25, 0.3) is 0 Å². The molecule has 0 unspecified atom stereocenters. The molecule has 0 atom stereocenters. The van der Waals surface area contributed by atoms with E-state index in [9.17, 15) is 0 Å². The number of nitrogens with zero attached hydrogens (tertiary/aromatic N) is 4. The fourth-order valence-corrected chi connectivity index (χ4v) is 2.60. The molecule has 0 fully saturated rings. The van der Waals surface area contributed by atoms with Crippen molar-refractivity contribution < 1.29 is 0 Å². The summed E-state index contributed by atoms with van der Waals surface area (Å²) in [6.07, 6.45) is 4.89. The zero-order valence-electron chi connectivity index (χ0n) is 10.8. The molecule has 2 aromatic rings. The largest absolute Gasteiger partial charge is 0.294 e. The third-order valence-corrected chi connectivity index (χ3v) is 3.80. The van der Waals surface area contributed by atoms with Crippen LogP contribution in [0, 0.1) is 6.92 Å². The highest BCUT2D eigenvalue weighted by atomic mass is 79.9. The van der Waals surface area contributed by atoms with Crippen LogP contribution in [-0.4, -0.2) is 26.4 Å². The highest BCUT2D eigenvalue weighted by Gasteiger charge is 2.17. The Hall–Kier alpha value is -1.33. The number of pyridine rings is 1. The molecule has 0 radical (unpaired) electrons. The summed E-state index contributed by atoms with van der Waals surface area (Å²) in [7, 11) is 0. The van der Waals surface area contributed by atoms with Gasteiger partial charge in [-0.2, -0.15) is 0 Å². The summed E-state index contributed by atoms with van der Waals surface area (Å²) in [4.78, 5) is 15.5. The van der Waals surface area contributed by atoms with Crippen LogP contribution in [0.2, 0.25) is 0 Å². The molecular formula is C14H15BrN4. The predicted molar refractivity (Wildman–Crippen MR) is 76.5 cm³/mol. The third-order valence-electron chi connectivity index (χ3n) is 3.33. The number of aryl methyl sites for hydroxylation is 1. The maximum absolute atomic E-state index is 4.51. The number of rotatable bonds is 2. The lowest BCUT2D eigenvalue weighted by atomic mass is 10.1. The quantitative estimate of drug-likeness (QED) is 0.798. The molecule has 0 saturated heterocycles. The van der Waals surface area contributed by atoms with Crippen LogP contribution in [0.3, 0.4) is 0 Å². The average molecular weight is 319 g/mol. The molecule has 0 saturated carbocycles. The molecule has 3 heterocycles. The molecule has 4 nitrogen and oxygen atoms in total. The Morgan fingerprint density at radius 2 is 2.16 bits per heavy atom. The summed E-state index contributed by atoms with van der Waals surface area (Å²) in [6, 6.07) is 4.10. The molecule has 1 aliphatic rings. The lowest BCUT2D eigenvalue weighted by Crippen LogP contribution is -2.31. The first kappa shape index (κ1) is 12.7. The van der Waals surface area contributed by atoms with Crippen LogP contribution in [0.15, 0.2) is 29.1 Å². The van der Waals surface area contributed by atoms with Gasteiger partial charge in [-0.1, -0.05) is 6.07 Å². The van der Waals surface area contributed by atoms with Crippen LogP contribution >= 0.6 is 15.9 Å². The standard InChI is InChI=1S/C14H15BrN4/c1-10-16-7-12-9-19(5-4-13(12)18-10)8-11-2-3-14(15)17-6-11/h2-3,6-7H,4-5,8-9H2,1H3. The Morgan fingerprint density at radius 3 is 2.95 bits per heavy atom. The van der Waals surface area contributed by atoms with Gasteiger partial charge >= 0.3 is 0 Å². The molecule has 3 rings (SSSR count). The summed E-state index contributed by atoms with van der Waals surface area (Å²) in [6.45, 7) is 4.83. The predicted octanol–water partition coefficient (Wildman–Crippen LogP) is 2.50. The van der Waals surface area contributed by atoms with Gasteiger partial charge in [-0.25, -0.2) is 15.0 Å². The second-order valence-corrected chi connectivity index (χ2v) is 5.65. The first-order chi connectivity index (χ1) is 9.20. The van der Waals surface area contributed by atoms with Crippen LogP contribution < -0.4 is 0 Å². The summed E-state index contributed by atoms with van der Waals surface area (Å²) in [5.41, 5.74) is 3.69. The van der Waals surface area contributed by atoms with Gasteiger partial charge in [-0.05, 0) is 34.5 Å². The van der Waals surface area contributed by atoms with Crippen molar-refractivity contribution in [2.45, 2.75) is 26.4 Å². The summed E-state index contributed by atoms with van der Waals surface area (Å²) < 4.78 is 0.879.